The molecule has 1 N–H and O–H groups in total. The van der Waals surface area contributed by atoms with Crippen LogP contribution in [-0.2, 0) is 14.3 Å². The van der Waals surface area contributed by atoms with Gasteiger partial charge < -0.3 is 9.84 Å². The summed E-state index contributed by atoms with van der Waals surface area (Å²) >= 11 is 0. The molecule has 0 saturated heterocycles. The monoisotopic (exact) mass is 307 g/mol. The number of carboxylic acid groups (broad SMARTS) is 1. The van der Waals surface area contributed by atoms with Crippen LogP contribution in [0.3, 0.4) is 0 Å². The summed E-state index contributed by atoms with van der Waals surface area (Å²) in [6.45, 7) is 1.79. The average Bonchev–Trinajstić information content (AvgIpc) is 2.93. The molecule has 1 aromatic rings. The molecule has 0 bridgehead atoms. The molecule has 1 atom stereocenters. The Labute approximate surface area is 124 Å². The molecule has 2 rings (SSSR count). The van der Waals surface area contributed by atoms with Crippen molar-refractivity contribution in [1.82, 2.24) is 0 Å². The van der Waals surface area contributed by atoms with E-state index in [9.17, 15) is 24.8 Å². The number of nitro benzene ring substituents is 1. The lowest BCUT2D eigenvalue weighted by Crippen LogP contribution is -2.34. The van der Waals surface area contributed by atoms with Crippen molar-refractivity contribution in [2.24, 2.45) is 5.10 Å². The van der Waals surface area contributed by atoms with E-state index in [-0.39, 0.29) is 24.4 Å². The van der Waals surface area contributed by atoms with E-state index in [2.05, 4.69) is 5.10 Å². The van der Waals surface area contributed by atoms with Crippen LogP contribution < -0.4 is 5.01 Å². The van der Waals surface area contributed by atoms with Crippen molar-refractivity contribution < 1.29 is 24.4 Å². The zero-order valence-electron chi connectivity index (χ0n) is 11.6. The van der Waals surface area contributed by atoms with Crippen LogP contribution in [0.2, 0.25) is 0 Å². The van der Waals surface area contributed by atoms with E-state index >= 15 is 0 Å². The Morgan fingerprint density at radius 3 is 2.59 bits per heavy atom. The number of esters is 1. The molecule has 9 heteroatoms. The van der Waals surface area contributed by atoms with Crippen LogP contribution in [0.5, 0.6) is 0 Å². The van der Waals surface area contributed by atoms with Crippen LogP contribution in [0.15, 0.2) is 29.4 Å². The van der Waals surface area contributed by atoms with E-state index in [4.69, 9.17) is 4.74 Å². The Morgan fingerprint density at radius 1 is 1.45 bits per heavy atom. The van der Waals surface area contributed by atoms with Gasteiger partial charge in [0.05, 0.1) is 17.2 Å². The van der Waals surface area contributed by atoms with Gasteiger partial charge in [0.1, 0.15) is 5.71 Å². The first kappa shape index (κ1) is 15.4. The van der Waals surface area contributed by atoms with Crippen LogP contribution in [0.1, 0.15) is 13.3 Å². The average molecular weight is 307 g/mol. The molecule has 22 heavy (non-hydrogen) atoms. The zero-order valence-corrected chi connectivity index (χ0v) is 11.6. The van der Waals surface area contributed by atoms with Crippen molar-refractivity contribution in [3.8, 4) is 0 Å². The van der Waals surface area contributed by atoms with Gasteiger partial charge in [-0.3, -0.25) is 15.1 Å². The quantitative estimate of drug-likeness (QED) is 0.492. The molecule has 1 heterocycles. The molecule has 1 aliphatic rings. The smallest absolute Gasteiger partial charge is 0.354 e. The van der Waals surface area contributed by atoms with Crippen molar-refractivity contribution in [1.29, 1.82) is 0 Å². The highest BCUT2D eigenvalue weighted by Crippen LogP contribution is 2.27. The summed E-state index contributed by atoms with van der Waals surface area (Å²) in [5.74, 6) is -1.82. The first-order valence-electron chi connectivity index (χ1n) is 6.45. The highest BCUT2D eigenvalue weighted by Gasteiger charge is 2.36. The predicted octanol–water partition coefficient (Wildman–Crippen LogP) is 1.18. The van der Waals surface area contributed by atoms with Crippen molar-refractivity contribution in [3.63, 3.8) is 0 Å². The number of hydrogen-bond donors (Lipinski definition) is 1. The maximum absolute atomic E-state index is 11.7. The Balaban J connectivity index is 2.30. The number of aliphatic carboxylic acids is 1. The molecule has 9 nitrogen and oxygen atoms in total. The number of anilines is 1. The van der Waals surface area contributed by atoms with Crippen molar-refractivity contribution in [2.75, 3.05) is 11.6 Å². The van der Waals surface area contributed by atoms with E-state index in [1.807, 2.05) is 0 Å². The number of carboxylic acids is 1. The van der Waals surface area contributed by atoms with Gasteiger partial charge in [-0.1, -0.05) is 0 Å². The van der Waals surface area contributed by atoms with E-state index in [0.29, 0.717) is 5.69 Å². The number of hydrazone groups is 1. The number of rotatable bonds is 5. The van der Waals surface area contributed by atoms with E-state index in [1.54, 1.807) is 6.92 Å². The number of ether oxygens (including phenoxy) is 1. The molecule has 0 aliphatic carbocycles. The van der Waals surface area contributed by atoms with Gasteiger partial charge in [0, 0.05) is 18.6 Å². The van der Waals surface area contributed by atoms with Crippen LogP contribution in [0.4, 0.5) is 11.4 Å². The minimum absolute atomic E-state index is 0.00704. The van der Waals surface area contributed by atoms with Gasteiger partial charge in [-0.25, -0.2) is 9.59 Å². The minimum atomic E-state index is -1.15. The zero-order chi connectivity index (χ0) is 16.3. The SMILES string of the molecule is CCOC(=O)C1=NN(c2ccc([N+](=O)[O-])cc2)C(C(=O)O)C1. The third-order valence-corrected chi connectivity index (χ3v) is 3.03. The molecule has 116 valence electrons. The second-order valence-electron chi connectivity index (χ2n) is 4.44. The van der Waals surface area contributed by atoms with Gasteiger partial charge in [0.2, 0.25) is 0 Å². The largest absolute Gasteiger partial charge is 0.480 e. The van der Waals surface area contributed by atoms with Gasteiger partial charge in [0.15, 0.2) is 6.04 Å². The fourth-order valence-electron chi connectivity index (χ4n) is 2.01. The Hall–Kier alpha value is -2.97. The van der Waals surface area contributed by atoms with Gasteiger partial charge in [0.25, 0.3) is 5.69 Å². The first-order valence-corrected chi connectivity index (χ1v) is 6.45. The highest BCUT2D eigenvalue weighted by atomic mass is 16.6. The molecular weight excluding hydrogens is 294 g/mol. The molecule has 1 aromatic carbocycles. The lowest BCUT2D eigenvalue weighted by atomic mass is 10.1. The summed E-state index contributed by atoms with van der Waals surface area (Å²) in [6.07, 6.45) is -0.0921. The van der Waals surface area contributed by atoms with Gasteiger partial charge >= 0.3 is 11.9 Å². The first-order chi connectivity index (χ1) is 10.4. The maximum atomic E-state index is 11.7. The molecule has 0 fully saturated rings. The lowest BCUT2D eigenvalue weighted by molar-refractivity contribution is -0.384. The number of nitrogens with zero attached hydrogens (tertiary/aromatic N) is 3. The second kappa shape index (κ2) is 6.20. The Kier molecular flexibility index (Phi) is 4.35. The van der Waals surface area contributed by atoms with Crippen molar-refractivity contribution in [3.05, 3.63) is 34.4 Å². The van der Waals surface area contributed by atoms with Gasteiger partial charge in [-0.2, -0.15) is 5.10 Å². The topological polar surface area (TPSA) is 122 Å². The normalized spacial score (nSPS) is 17.0. The van der Waals surface area contributed by atoms with E-state index in [0.717, 1.165) is 5.01 Å². The Morgan fingerprint density at radius 2 is 2.09 bits per heavy atom. The number of nitro groups is 1. The predicted molar refractivity (Wildman–Crippen MR) is 75.7 cm³/mol. The number of carbonyl (C=O) groups excluding carboxylic acids is 1. The third-order valence-electron chi connectivity index (χ3n) is 3.03. The van der Waals surface area contributed by atoms with Gasteiger partial charge in [-0.05, 0) is 19.1 Å². The summed E-state index contributed by atoms with van der Waals surface area (Å²) in [6, 6.07) is 4.19. The van der Waals surface area contributed by atoms with Crippen molar-refractivity contribution >= 4 is 29.0 Å². The number of hydrogen-bond acceptors (Lipinski definition) is 7. The molecule has 1 aliphatic heterocycles. The third kappa shape index (κ3) is 3.03. The number of non-ortho nitro benzene ring substituents is 1. The fraction of sp³-hybridized carbons (Fsp3) is 0.308. The van der Waals surface area contributed by atoms with Gasteiger partial charge in [-0.15, -0.1) is 0 Å². The summed E-state index contributed by atoms with van der Waals surface area (Å²) in [4.78, 5) is 33.1. The maximum Gasteiger partial charge on any atom is 0.354 e. The standard InChI is InChI=1S/C13H13N3O6/c1-2-22-13(19)10-7-11(12(17)18)15(14-10)8-3-5-9(6-4-8)16(20)21/h3-6,11H,2,7H2,1H3,(H,17,18). The molecular formula is C13H13N3O6. The summed E-state index contributed by atoms with van der Waals surface area (Å²) < 4.78 is 4.81. The fourth-order valence-corrected chi connectivity index (χ4v) is 2.01. The van der Waals surface area contributed by atoms with Crippen LogP contribution >= 0.6 is 0 Å². The molecule has 0 spiro atoms. The summed E-state index contributed by atoms with van der Waals surface area (Å²) in [5.41, 5.74) is 0.231. The molecule has 0 amide bonds. The molecule has 0 aromatic heterocycles. The van der Waals surface area contributed by atoms with Crippen LogP contribution in [0.25, 0.3) is 0 Å². The molecule has 1 unspecified atom stereocenters. The number of benzene rings is 1. The summed E-state index contributed by atoms with van der Waals surface area (Å²) in [7, 11) is 0. The summed E-state index contributed by atoms with van der Waals surface area (Å²) in [5, 5.41) is 25.0. The number of carbonyl (C=O) groups is 2. The van der Waals surface area contributed by atoms with E-state index in [1.165, 1.54) is 24.3 Å². The molecule has 0 radical (unpaired) electrons. The minimum Gasteiger partial charge on any atom is -0.480 e. The van der Waals surface area contributed by atoms with Crippen LogP contribution in [-0.4, -0.2) is 40.3 Å². The van der Waals surface area contributed by atoms with Crippen molar-refractivity contribution in [2.45, 2.75) is 19.4 Å². The Bertz CT molecular complexity index is 640. The highest BCUT2D eigenvalue weighted by molar-refractivity contribution is 6.38. The second-order valence-corrected chi connectivity index (χ2v) is 4.44. The lowest BCUT2D eigenvalue weighted by Gasteiger charge is -2.19. The van der Waals surface area contributed by atoms with Crippen LogP contribution in [0, 0.1) is 10.1 Å². The van der Waals surface area contributed by atoms with E-state index < -0.39 is 22.9 Å². The molecule has 0 saturated carbocycles.